The molecule has 0 radical (unpaired) electrons. The fourth-order valence-electron chi connectivity index (χ4n) is 2.69. The van der Waals surface area contributed by atoms with Crippen LogP contribution in [0.3, 0.4) is 0 Å². The van der Waals surface area contributed by atoms with Gasteiger partial charge < -0.3 is 14.8 Å². The Balaban J connectivity index is 1.41. The molecule has 0 saturated heterocycles. The Hall–Kier alpha value is -4.41. The summed E-state index contributed by atoms with van der Waals surface area (Å²) in [5.74, 6) is -0.149. The highest BCUT2D eigenvalue weighted by Gasteiger charge is 2.32. The van der Waals surface area contributed by atoms with Crippen LogP contribution in [-0.2, 0) is 0 Å². The molecule has 0 atom stereocenters. The van der Waals surface area contributed by atoms with Crippen molar-refractivity contribution in [3.05, 3.63) is 84.7 Å². The minimum absolute atomic E-state index is 0.246. The summed E-state index contributed by atoms with van der Waals surface area (Å²) >= 11 is 0. The topological polar surface area (TPSA) is 91.2 Å². The van der Waals surface area contributed by atoms with Gasteiger partial charge in [-0.2, -0.15) is 5.10 Å². The molecule has 2 aromatic carbocycles. The van der Waals surface area contributed by atoms with Gasteiger partial charge in [-0.05, 0) is 48.5 Å². The summed E-state index contributed by atoms with van der Waals surface area (Å²) in [6.07, 6.45) is -1.56. The van der Waals surface area contributed by atoms with Crippen molar-refractivity contribution in [2.75, 3.05) is 5.32 Å². The number of hydrogen-bond donors (Lipinski definition) is 1. The second kappa shape index (κ2) is 8.76. The van der Waals surface area contributed by atoms with Crippen LogP contribution in [0.4, 0.5) is 18.9 Å². The van der Waals surface area contributed by atoms with Gasteiger partial charge in [-0.25, -0.2) is 4.68 Å². The highest BCUT2D eigenvalue weighted by atomic mass is 19.4. The first-order chi connectivity index (χ1) is 15.4. The zero-order valence-electron chi connectivity index (χ0n) is 16.2. The van der Waals surface area contributed by atoms with E-state index in [1.165, 1.54) is 30.3 Å². The van der Waals surface area contributed by atoms with Crippen molar-refractivity contribution < 1.29 is 27.4 Å². The molecular formula is C21H14F3N5O3. The second-order valence-electron chi connectivity index (χ2n) is 6.30. The van der Waals surface area contributed by atoms with E-state index in [1.807, 2.05) is 0 Å². The lowest BCUT2D eigenvalue weighted by Gasteiger charge is -2.13. The molecule has 2 heterocycles. The molecule has 1 N–H and O–H groups in total. The van der Waals surface area contributed by atoms with Crippen molar-refractivity contribution in [2.45, 2.75) is 6.36 Å². The maximum absolute atomic E-state index is 12.5. The summed E-state index contributed by atoms with van der Waals surface area (Å²) in [4.78, 5) is 12.4. The van der Waals surface area contributed by atoms with Crippen LogP contribution in [0.25, 0.3) is 5.82 Å². The van der Waals surface area contributed by atoms with Gasteiger partial charge in [-0.1, -0.05) is 12.1 Å². The Morgan fingerprint density at radius 2 is 1.72 bits per heavy atom. The first kappa shape index (κ1) is 20.8. The lowest BCUT2D eigenvalue weighted by Crippen LogP contribution is -2.20. The molecule has 162 valence electrons. The molecule has 8 nitrogen and oxygen atoms in total. The molecule has 0 fully saturated rings. The quantitative estimate of drug-likeness (QED) is 0.470. The molecule has 0 spiro atoms. The monoisotopic (exact) mass is 441 g/mol. The van der Waals surface area contributed by atoms with E-state index < -0.39 is 18.0 Å². The van der Waals surface area contributed by atoms with E-state index in [2.05, 4.69) is 25.3 Å². The fourth-order valence-corrected chi connectivity index (χ4v) is 2.69. The molecule has 0 aliphatic rings. The lowest BCUT2D eigenvalue weighted by atomic mass is 10.2. The van der Waals surface area contributed by atoms with Gasteiger partial charge in [0, 0.05) is 24.1 Å². The number of benzene rings is 2. The van der Waals surface area contributed by atoms with Gasteiger partial charge in [0.05, 0.1) is 5.56 Å². The van der Waals surface area contributed by atoms with E-state index >= 15 is 0 Å². The molecule has 0 unspecified atom stereocenters. The van der Waals surface area contributed by atoms with Crippen LogP contribution in [0.1, 0.15) is 10.4 Å². The number of nitrogens with zero attached hydrogens (tertiary/aromatic N) is 4. The van der Waals surface area contributed by atoms with Crippen LogP contribution in [0.15, 0.2) is 79.1 Å². The number of carbonyl (C=O) groups excluding carboxylic acids is 1. The fraction of sp³-hybridized carbons (Fsp3) is 0.0476. The molecule has 0 bridgehead atoms. The summed E-state index contributed by atoms with van der Waals surface area (Å²) in [7, 11) is 0. The maximum atomic E-state index is 12.5. The Labute approximate surface area is 179 Å². The van der Waals surface area contributed by atoms with Crippen molar-refractivity contribution >= 4 is 11.6 Å². The smallest absolute Gasteiger partial charge is 0.438 e. The number of anilines is 1. The van der Waals surface area contributed by atoms with Gasteiger partial charge in [-0.3, -0.25) is 4.79 Å². The SMILES string of the molecule is O=C(Nc1ccc(Oc2ccc(-n3cccn3)nn2)cc1)c1ccccc1OC(F)(F)F. The molecule has 32 heavy (non-hydrogen) atoms. The zero-order valence-corrected chi connectivity index (χ0v) is 16.2. The van der Waals surface area contributed by atoms with E-state index in [9.17, 15) is 18.0 Å². The van der Waals surface area contributed by atoms with Crippen LogP contribution < -0.4 is 14.8 Å². The van der Waals surface area contributed by atoms with Gasteiger partial charge in [0.1, 0.15) is 11.5 Å². The molecule has 0 aliphatic carbocycles. The van der Waals surface area contributed by atoms with Gasteiger partial charge in [-0.15, -0.1) is 23.4 Å². The number of aromatic nitrogens is 4. The standard InChI is InChI=1S/C21H14F3N5O3/c22-21(23,24)32-17-5-2-1-4-16(17)20(30)26-14-6-8-15(9-7-14)31-19-11-10-18(27-28-19)29-13-3-12-25-29/h1-13H,(H,26,30). The number of rotatable bonds is 6. The highest BCUT2D eigenvalue weighted by molar-refractivity contribution is 6.06. The van der Waals surface area contributed by atoms with Crippen molar-refractivity contribution in [3.63, 3.8) is 0 Å². The molecule has 1 amide bonds. The third-order valence-electron chi connectivity index (χ3n) is 4.06. The minimum Gasteiger partial charge on any atom is -0.438 e. The number of amides is 1. The number of carbonyl (C=O) groups is 1. The third-order valence-corrected chi connectivity index (χ3v) is 4.06. The van der Waals surface area contributed by atoms with Crippen molar-refractivity contribution in [2.24, 2.45) is 0 Å². The van der Waals surface area contributed by atoms with Crippen LogP contribution >= 0.6 is 0 Å². The van der Waals surface area contributed by atoms with Crippen LogP contribution in [0, 0.1) is 0 Å². The summed E-state index contributed by atoms with van der Waals surface area (Å²) in [6, 6.07) is 16.3. The molecule has 2 aromatic heterocycles. The van der Waals surface area contributed by atoms with E-state index in [1.54, 1.807) is 47.4 Å². The van der Waals surface area contributed by atoms with Gasteiger partial charge in [0.15, 0.2) is 5.82 Å². The molecule has 0 saturated carbocycles. The van der Waals surface area contributed by atoms with Crippen LogP contribution in [0.5, 0.6) is 17.4 Å². The molecule has 4 aromatic rings. The zero-order chi connectivity index (χ0) is 22.6. The van der Waals surface area contributed by atoms with E-state index in [4.69, 9.17) is 4.74 Å². The van der Waals surface area contributed by atoms with Crippen molar-refractivity contribution in [3.8, 4) is 23.2 Å². The predicted molar refractivity (Wildman–Crippen MR) is 107 cm³/mol. The first-order valence-electron chi connectivity index (χ1n) is 9.15. The molecule has 4 rings (SSSR count). The summed E-state index contributed by atoms with van der Waals surface area (Å²) in [5.41, 5.74) is 0.0990. The van der Waals surface area contributed by atoms with Crippen LogP contribution in [0.2, 0.25) is 0 Å². The van der Waals surface area contributed by atoms with Crippen molar-refractivity contribution in [1.29, 1.82) is 0 Å². The van der Waals surface area contributed by atoms with E-state index in [-0.39, 0.29) is 11.4 Å². The lowest BCUT2D eigenvalue weighted by molar-refractivity contribution is -0.274. The highest BCUT2D eigenvalue weighted by Crippen LogP contribution is 2.27. The largest absolute Gasteiger partial charge is 0.573 e. The first-order valence-corrected chi connectivity index (χ1v) is 9.15. The normalized spacial score (nSPS) is 11.1. The van der Waals surface area contributed by atoms with Gasteiger partial charge in [0.25, 0.3) is 5.91 Å². The molecular weight excluding hydrogens is 427 g/mol. The Kier molecular flexibility index (Phi) is 5.71. The Morgan fingerprint density at radius 1 is 0.938 bits per heavy atom. The number of ether oxygens (including phenoxy) is 2. The average Bonchev–Trinajstić information content (AvgIpc) is 3.30. The maximum Gasteiger partial charge on any atom is 0.573 e. The Bertz CT molecular complexity index is 1190. The second-order valence-corrected chi connectivity index (χ2v) is 6.30. The summed E-state index contributed by atoms with van der Waals surface area (Å²) in [5, 5.41) is 14.6. The summed E-state index contributed by atoms with van der Waals surface area (Å²) in [6.45, 7) is 0. The van der Waals surface area contributed by atoms with E-state index in [0.29, 0.717) is 17.3 Å². The van der Waals surface area contributed by atoms with Crippen molar-refractivity contribution in [1.82, 2.24) is 20.0 Å². The predicted octanol–water partition coefficient (Wildman–Crippen LogP) is 4.61. The van der Waals surface area contributed by atoms with Crippen LogP contribution in [-0.4, -0.2) is 32.2 Å². The number of para-hydroxylation sites is 1. The summed E-state index contributed by atoms with van der Waals surface area (Å²) < 4.78 is 48.7. The number of nitrogens with one attached hydrogen (secondary N) is 1. The molecule has 0 aliphatic heterocycles. The minimum atomic E-state index is -4.91. The van der Waals surface area contributed by atoms with Gasteiger partial charge in [0.2, 0.25) is 5.88 Å². The number of alkyl halides is 3. The Morgan fingerprint density at radius 3 is 2.38 bits per heavy atom. The van der Waals surface area contributed by atoms with E-state index in [0.717, 1.165) is 6.07 Å². The third kappa shape index (κ3) is 5.19. The molecule has 11 heteroatoms. The van der Waals surface area contributed by atoms with Gasteiger partial charge >= 0.3 is 6.36 Å². The number of halogens is 3. The average molecular weight is 441 g/mol. The number of hydrogen-bond acceptors (Lipinski definition) is 6.